The van der Waals surface area contributed by atoms with Crippen LogP contribution in [0, 0.1) is 11.3 Å². The lowest BCUT2D eigenvalue weighted by molar-refractivity contribution is 0.243. The molecule has 0 bridgehead atoms. The molecule has 0 unspecified atom stereocenters. The number of nitrogens with zero attached hydrogens (tertiary/aromatic N) is 2. The zero-order chi connectivity index (χ0) is 11.5. The molecule has 1 aliphatic heterocycles. The maximum absolute atomic E-state index is 11.6. The summed E-state index contributed by atoms with van der Waals surface area (Å²) < 4.78 is 0. The predicted molar refractivity (Wildman–Crippen MR) is 61.5 cm³/mol. The zero-order valence-corrected chi connectivity index (χ0v) is 9.29. The van der Waals surface area contributed by atoms with Gasteiger partial charge >= 0.3 is 6.03 Å². The Morgan fingerprint density at radius 3 is 3.00 bits per heavy atom. The number of halogens is 1. The van der Waals surface area contributed by atoms with Crippen molar-refractivity contribution in [3.8, 4) is 6.07 Å². The highest BCUT2D eigenvalue weighted by Gasteiger charge is 2.21. The standard InChI is InChI=1S/C11H10ClN3O/c12-9-3-2-8(7-13)10(6-9)15-5-1-4-14-11(15)16/h2-3,6H,1,4-5H2,(H,14,16). The first-order valence-electron chi connectivity index (χ1n) is 4.97. The molecule has 1 aromatic rings. The van der Waals surface area contributed by atoms with Gasteiger partial charge in [-0.1, -0.05) is 11.6 Å². The summed E-state index contributed by atoms with van der Waals surface area (Å²) in [4.78, 5) is 13.2. The molecule has 1 aliphatic rings. The van der Waals surface area contributed by atoms with Gasteiger partial charge in [-0.05, 0) is 24.6 Å². The molecular formula is C11H10ClN3O. The van der Waals surface area contributed by atoms with Gasteiger partial charge in [-0.25, -0.2) is 4.79 Å². The van der Waals surface area contributed by atoms with Crippen LogP contribution in [-0.2, 0) is 0 Å². The second kappa shape index (κ2) is 4.42. The molecule has 0 saturated carbocycles. The van der Waals surface area contributed by atoms with Crippen molar-refractivity contribution in [2.24, 2.45) is 0 Å². The van der Waals surface area contributed by atoms with Crippen molar-refractivity contribution in [3.05, 3.63) is 28.8 Å². The van der Waals surface area contributed by atoms with Crippen molar-refractivity contribution in [2.45, 2.75) is 6.42 Å². The smallest absolute Gasteiger partial charge is 0.321 e. The zero-order valence-electron chi connectivity index (χ0n) is 8.53. The second-order valence-electron chi connectivity index (χ2n) is 3.51. The Morgan fingerprint density at radius 1 is 1.50 bits per heavy atom. The highest BCUT2D eigenvalue weighted by atomic mass is 35.5. The van der Waals surface area contributed by atoms with Gasteiger partial charge in [-0.3, -0.25) is 4.90 Å². The van der Waals surface area contributed by atoms with Gasteiger partial charge < -0.3 is 5.32 Å². The topological polar surface area (TPSA) is 56.1 Å². The van der Waals surface area contributed by atoms with Crippen molar-refractivity contribution in [2.75, 3.05) is 18.0 Å². The summed E-state index contributed by atoms with van der Waals surface area (Å²) in [6.45, 7) is 1.29. The number of nitrogens with one attached hydrogen (secondary N) is 1. The lowest BCUT2D eigenvalue weighted by Gasteiger charge is -2.28. The van der Waals surface area contributed by atoms with Gasteiger partial charge in [0.1, 0.15) is 6.07 Å². The van der Waals surface area contributed by atoms with E-state index in [1.165, 1.54) is 0 Å². The SMILES string of the molecule is N#Cc1ccc(Cl)cc1N1CCCNC1=O. The summed E-state index contributed by atoms with van der Waals surface area (Å²) in [5.74, 6) is 0. The Balaban J connectivity index is 2.42. The number of anilines is 1. The van der Waals surface area contributed by atoms with Gasteiger partial charge in [0.15, 0.2) is 0 Å². The summed E-state index contributed by atoms with van der Waals surface area (Å²) in [7, 11) is 0. The molecule has 0 aliphatic carbocycles. The third-order valence-electron chi connectivity index (χ3n) is 2.45. The Bertz CT molecular complexity index is 467. The average molecular weight is 236 g/mol. The van der Waals surface area contributed by atoms with Gasteiger partial charge in [0.05, 0.1) is 11.3 Å². The first-order valence-corrected chi connectivity index (χ1v) is 5.35. The fourth-order valence-corrected chi connectivity index (χ4v) is 1.85. The molecule has 82 valence electrons. The molecule has 0 aromatic heterocycles. The molecule has 16 heavy (non-hydrogen) atoms. The van der Waals surface area contributed by atoms with Gasteiger partial charge in [-0.2, -0.15) is 5.26 Å². The van der Waals surface area contributed by atoms with E-state index in [0.29, 0.717) is 29.4 Å². The van der Waals surface area contributed by atoms with Crippen molar-refractivity contribution in [1.82, 2.24) is 5.32 Å². The van der Waals surface area contributed by atoms with E-state index in [1.807, 2.05) is 0 Å². The summed E-state index contributed by atoms with van der Waals surface area (Å²) >= 11 is 5.87. The molecule has 1 fully saturated rings. The van der Waals surface area contributed by atoms with Crippen molar-refractivity contribution >= 4 is 23.3 Å². The number of hydrogen-bond acceptors (Lipinski definition) is 2. The molecule has 1 heterocycles. The Labute approximate surface area is 98.4 Å². The van der Waals surface area contributed by atoms with Crippen LogP contribution in [0.4, 0.5) is 10.5 Å². The van der Waals surface area contributed by atoms with E-state index in [2.05, 4.69) is 11.4 Å². The normalized spacial score (nSPS) is 15.5. The number of benzene rings is 1. The van der Waals surface area contributed by atoms with E-state index in [-0.39, 0.29) is 6.03 Å². The number of amides is 2. The van der Waals surface area contributed by atoms with Gasteiger partial charge in [0.2, 0.25) is 0 Å². The van der Waals surface area contributed by atoms with Crippen LogP contribution in [0.2, 0.25) is 5.02 Å². The molecule has 1 aromatic carbocycles. The number of carbonyl (C=O) groups is 1. The molecule has 2 rings (SSSR count). The minimum atomic E-state index is -0.176. The molecule has 1 saturated heterocycles. The van der Waals surface area contributed by atoms with E-state index in [9.17, 15) is 4.79 Å². The monoisotopic (exact) mass is 235 g/mol. The fraction of sp³-hybridized carbons (Fsp3) is 0.273. The molecule has 0 atom stereocenters. The van der Waals surface area contributed by atoms with Crippen LogP contribution in [-0.4, -0.2) is 19.1 Å². The van der Waals surface area contributed by atoms with E-state index in [4.69, 9.17) is 16.9 Å². The summed E-state index contributed by atoms with van der Waals surface area (Å²) in [6, 6.07) is 6.80. The van der Waals surface area contributed by atoms with Crippen molar-refractivity contribution in [3.63, 3.8) is 0 Å². The van der Waals surface area contributed by atoms with E-state index in [1.54, 1.807) is 23.1 Å². The van der Waals surface area contributed by atoms with E-state index in [0.717, 1.165) is 6.42 Å². The minimum absolute atomic E-state index is 0.176. The molecule has 2 amide bonds. The van der Waals surface area contributed by atoms with E-state index >= 15 is 0 Å². The summed E-state index contributed by atoms with van der Waals surface area (Å²) in [5, 5.41) is 12.2. The van der Waals surface area contributed by atoms with Gasteiger partial charge in [-0.15, -0.1) is 0 Å². The van der Waals surface area contributed by atoms with Crippen LogP contribution in [0.3, 0.4) is 0 Å². The Morgan fingerprint density at radius 2 is 2.31 bits per heavy atom. The minimum Gasteiger partial charge on any atom is -0.338 e. The first kappa shape index (κ1) is 10.8. The Hall–Kier alpha value is -1.73. The number of rotatable bonds is 1. The second-order valence-corrected chi connectivity index (χ2v) is 3.95. The lowest BCUT2D eigenvalue weighted by Crippen LogP contribution is -2.46. The highest BCUT2D eigenvalue weighted by Crippen LogP contribution is 2.25. The van der Waals surface area contributed by atoms with Crippen LogP contribution in [0.1, 0.15) is 12.0 Å². The number of urea groups is 1. The van der Waals surface area contributed by atoms with Gasteiger partial charge in [0.25, 0.3) is 0 Å². The summed E-state index contributed by atoms with van der Waals surface area (Å²) in [6.07, 6.45) is 0.864. The number of carbonyl (C=O) groups excluding carboxylic acids is 1. The highest BCUT2D eigenvalue weighted by molar-refractivity contribution is 6.31. The summed E-state index contributed by atoms with van der Waals surface area (Å²) in [5.41, 5.74) is 1.04. The van der Waals surface area contributed by atoms with Crippen LogP contribution >= 0.6 is 11.6 Å². The molecule has 0 spiro atoms. The quantitative estimate of drug-likeness (QED) is 0.811. The predicted octanol–water partition coefficient (Wildman–Crippen LogP) is 2.13. The lowest BCUT2D eigenvalue weighted by atomic mass is 10.1. The number of hydrogen-bond donors (Lipinski definition) is 1. The molecule has 4 nitrogen and oxygen atoms in total. The largest absolute Gasteiger partial charge is 0.338 e. The number of nitriles is 1. The third kappa shape index (κ3) is 1.95. The maximum Gasteiger partial charge on any atom is 0.321 e. The molecular weight excluding hydrogens is 226 g/mol. The average Bonchev–Trinajstić information content (AvgIpc) is 2.29. The molecule has 1 N–H and O–H groups in total. The van der Waals surface area contributed by atoms with Crippen LogP contribution in [0.15, 0.2) is 18.2 Å². The maximum atomic E-state index is 11.6. The van der Waals surface area contributed by atoms with E-state index < -0.39 is 0 Å². The molecule has 5 heteroatoms. The van der Waals surface area contributed by atoms with Crippen molar-refractivity contribution in [1.29, 1.82) is 5.26 Å². The third-order valence-corrected chi connectivity index (χ3v) is 2.69. The van der Waals surface area contributed by atoms with Crippen molar-refractivity contribution < 1.29 is 4.79 Å². The van der Waals surface area contributed by atoms with Crippen LogP contribution in [0.25, 0.3) is 0 Å². The molecule has 0 radical (unpaired) electrons. The van der Waals surface area contributed by atoms with Crippen LogP contribution < -0.4 is 10.2 Å². The first-order chi connectivity index (χ1) is 7.72. The Kier molecular flexibility index (Phi) is 2.97. The van der Waals surface area contributed by atoms with Gasteiger partial charge in [0, 0.05) is 18.1 Å². The van der Waals surface area contributed by atoms with Crippen LogP contribution in [0.5, 0.6) is 0 Å². The fourth-order valence-electron chi connectivity index (χ4n) is 1.68.